The summed E-state index contributed by atoms with van der Waals surface area (Å²) in [5.74, 6) is 0. The van der Waals surface area contributed by atoms with Crippen molar-refractivity contribution in [1.29, 1.82) is 0 Å². The smallest absolute Gasteiger partial charge is 0.443 e. The fraction of sp³-hybridized carbons (Fsp3) is 0.650. The molecular weight excluding hydrogens is 329 g/mol. The van der Waals surface area contributed by atoms with Crippen LogP contribution in [0.4, 0.5) is 10.5 Å². The molecule has 144 valence electrons. The predicted molar refractivity (Wildman–Crippen MR) is 106 cm³/mol. The van der Waals surface area contributed by atoms with Crippen LogP contribution in [0.15, 0.2) is 24.3 Å². The number of anilines is 1. The number of carbonyl (C=O) groups excluding carboxylic acids is 1. The van der Waals surface area contributed by atoms with Crippen LogP contribution in [-0.4, -0.2) is 36.6 Å². The number of rotatable bonds is 4. The molecule has 0 aromatic heterocycles. The number of nitrogens with zero attached hydrogens (tertiary/aromatic N) is 1. The molecule has 0 N–H and O–H groups in total. The minimum absolute atomic E-state index is 0.342. The highest BCUT2D eigenvalue weighted by molar-refractivity contribution is 6.62. The third-order valence-electron chi connectivity index (χ3n) is 4.77. The molecule has 5 nitrogen and oxygen atoms in total. The quantitative estimate of drug-likeness (QED) is 0.757. The van der Waals surface area contributed by atoms with Crippen molar-refractivity contribution in [2.75, 3.05) is 11.4 Å². The molecule has 2 rings (SSSR count). The summed E-state index contributed by atoms with van der Waals surface area (Å²) >= 11 is 0. The Labute approximate surface area is 158 Å². The van der Waals surface area contributed by atoms with Gasteiger partial charge in [-0.3, -0.25) is 4.90 Å². The van der Waals surface area contributed by atoms with Crippen LogP contribution in [0.5, 0.6) is 0 Å². The third-order valence-corrected chi connectivity index (χ3v) is 4.77. The zero-order valence-corrected chi connectivity index (χ0v) is 17.4. The second-order valence-corrected chi connectivity index (χ2v) is 8.82. The molecule has 6 heteroatoms. The molecule has 1 amide bonds. The second-order valence-electron chi connectivity index (χ2n) is 8.82. The largest absolute Gasteiger partial charge is 0.494 e. The molecule has 1 heterocycles. The topological polar surface area (TPSA) is 48.0 Å². The molecule has 1 aromatic carbocycles. The number of amides is 1. The molecule has 1 aliphatic rings. The van der Waals surface area contributed by atoms with Crippen molar-refractivity contribution in [1.82, 2.24) is 0 Å². The van der Waals surface area contributed by atoms with E-state index in [0.29, 0.717) is 6.54 Å². The van der Waals surface area contributed by atoms with E-state index in [4.69, 9.17) is 14.0 Å². The van der Waals surface area contributed by atoms with E-state index in [0.717, 1.165) is 17.6 Å². The second kappa shape index (κ2) is 7.24. The Hall–Kier alpha value is -1.53. The van der Waals surface area contributed by atoms with Crippen LogP contribution in [0, 0.1) is 0 Å². The summed E-state index contributed by atoms with van der Waals surface area (Å²) < 4.78 is 17.8. The van der Waals surface area contributed by atoms with Gasteiger partial charge in [-0.15, -0.1) is 0 Å². The zero-order chi connectivity index (χ0) is 19.8. The van der Waals surface area contributed by atoms with Crippen molar-refractivity contribution in [2.24, 2.45) is 0 Å². The lowest BCUT2D eigenvalue weighted by molar-refractivity contribution is 0.00578. The van der Waals surface area contributed by atoms with Gasteiger partial charge in [-0.2, -0.15) is 0 Å². The van der Waals surface area contributed by atoms with Crippen molar-refractivity contribution < 1.29 is 18.8 Å². The van der Waals surface area contributed by atoms with Crippen molar-refractivity contribution in [2.45, 2.75) is 78.6 Å². The standard InChI is InChI=1S/C20H32BNO4/c1-9-13-22(17(23)24-18(2,3)4)16-12-10-11-15(14-16)21-25-19(5,6)20(7,8)26-21/h10-12,14H,9,13H2,1-8H3. The van der Waals surface area contributed by atoms with Gasteiger partial charge in [-0.05, 0) is 72.5 Å². The maximum absolute atomic E-state index is 12.6. The van der Waals surface area contributed by atoms with Crippen LogP contribution >= 0.6 is 0 Å². The number of benzene rings is 1. The van der Waals surface area contributed by atoms with E-state index in [1.807, 2.05) is 79.7 Å². The van der Waals surface area contributed by atoms with E-state index >= 15 is 0 Å². The van der Waals surface area contributed by atoms with Crippen molar-refractivity contribution in [3.63, 3.8) is 0 Å². The Morgan fingerprint density at radius 1 is 1.15 bits per heavy atom. The van der Waals surface area contributed by atoms with Crippen LogP contribution in [0.2, 0.25) is 0 Å². The highest BCUT2D eigenvalue weighted by Crippen LogP contribution is 2.36. The van der Waals surface area contributed by atoms with E-state index < -0.39 is 23.9 Å². The minimum Gasteiger partial charge on any atom is -0.443 e. The molecule has 1 aromatic rings. The molecule has 1 aliphatic heterocycles. The van der Waals surface area contributed by atoms with Crippen molar-refractivity contribution in [3.05, 3.63) is 24.3 Å². The van der Waals surface area contributed by atoms with Crippen LogP contribution in [0.3, 0.4) is 0 Å². The molecule has 0 unspecified atom stereocenters. The SMILES string of the molecule is CCCN(C(=O)OC(C)(C)C)c1cccc(B2OC(C)(C)C(C)(C)O2)c1. The normalized spacial score (nSPS) is 18.7. The third kappa shape index (κ3) is 4.60. The van der Waals surface area contributed by atoms with E-state index in [1.54, 1.807) is 4.90 Å². The maximum Gasteiger partial charge on any atom is 0.494 e. The lowest BCUT2D eigenvalue weighted by atomic mass is 9.79. The number of hydrogen-bond acceptors (Lipinski definition) is 4. The monoisotopic (exact) mass is 361 g/mol. The summed E-state index contributed by atoms with van der Waals surface area (Å²) in [6.45, 7) is 16.3. The highest BCUT2D eigenvalue weighted by atomic mass is 16.7. The fourth-order valence-electron chi connectivity index (χ4n) is 2.68. The summed E-state index contributed by atoms with van der Waals surface area (Å²) in [6, 6.07) is 7.74. The summed E-state index contributed by atoms with van der Waals surface area (Å²) in [4.78, 5) is 14.3. The Bertz CT molecular complexity index is 635. The average Bonchev–Trinajstić information content (AvgIpc) is 2.71. The molecule has 0 radical (unpaired) electrons. The van der Waals surface area contributed by atoms with Crippen LogP contribution in [-0.2, 0) is 14.0 Å². The summed E-state index contributed by atoms with van der Waals surface area (Å²) in [5.41, 5.74) is 0.343. The number of carbonyl (C=O) groups is 1. The van der Waals surface area contributed by atoms with Crippen LogP contribution < -0.4 is 10.4 Å². The van der Waals surface area contributed by atoms with E-state index in [2.05, 4.69) is 0 Å². The van der Waals surface area contributed by atoms with Gasteiger partial charge in [0.05, 0.1) is 11.2 Å². The lowest BCUT2D eigenvalue weighted by Crippen LogP contribution is -2.41. The molecule has 0 bridgehead atoms. The first kappa shape index (κ1) is 20.8. The first-order chi connectivity index (χ1) is 11.9. The Morgan fingerprint density at radius 3 is 2.23 bits per heavy atom. The van der Waals surface area contributed by atoms with Gasteiger partial charge in [-0.1, -0.05) is 19.1 Å². The maximum atomic E-state index is 12.6. The molecule has 0 saturated carbocycles. The van der Waals surface area contributed by atoms with Gasteiger partial charge in [0.2, 0.25) is 0 Å². The Morgan fingerprint density at radius 2 is 1.73 bits per heavy atom. The molecule has 0 aliphatic carbocycles. The van der Waals surface area contributed by atoms with Gasteiger partial charge in [0.15, 0.2) is 0 Å². The van der Waals surface area contributed by atoms with Gasteiger partial charge in [0.25, 0.3) is 0 Å². The summed E-state index contributed by atoms with van der Waals surface area (Å²) in [7, 11) is -0.456. The zero-order valence-electron chi connectivity index (χ0n) is 17.4. The molecular formula is C20H32BNO4. The Kier molecular flexibility index (Phi) is 5.79. The van der Waals surface area contributed by atoms with Gasteiger partial charge in [0.1, 0.15) is 5.60 Å². The van der Waals surface area contributed by atoms with E-state index in [1.165, 1.54) is 0 Å². The van der Waals surface area contributed by atoms with Gasteiger partial charge >= 0.3 is 13.2 Å². The Balaban J connectivity index is 2.28. The number of ether oxygens (including phenoxy) is 1. The van der Waals surface area contributed by atoms with Gasteiger partial charge < -0.3 is 14.0 Å². The molecule has 26 heavy (non-hydrogen) atoms. The fourth-order valence-corrected chi connectivity index (χ4v) is 2.68. The highest BCUT2D eigenvalue weighted by Gasteiger charge is 2.51. The first-order valence-corrected chi connectivity index (χ1v) is 9.32. The molecule has 1 saturated heterocycles. The van der Waals surface area contributed by atoms with Crippen LogP contribution in [0.1, 0.15) is 61.8 Å². The van der Waals surface area contributed by atoms with Crippen LogP contribution in [0.25, 0.3) is 0 Å². The van der Waals surface area contributed by atoms with Gasteiger partial charge in [-0.25, -0.2) is 4.79 Å². The van der Waals surface area contributed by atoms with E-state index in [-0.39, 0.29) is 6.09 Å². The number of hydrogen-bond donors (Lipinski definition) is 0. The lowest BCUT2D eigenvalue weighted by Gasteiger charge is -2.32. The molecule has 0 atom stereocenters. The first-order valence-electron chi connectivity index (χ1n) is 9.32. The predicted octanol–water partition coefficient (Wildman–Crippen LogP) is 4.14. The van der Waals surface area contributed by atoms with Gasteiger partial charge in [0, 0.05) is 12.2 Å². The van der Waals surface area contributed by atoms with Crippen molar-refractivity contribution >= 4 is 24.4 Å². The van der Waals surface area contributed by atoms with Crippen molar-refractivity contribution in [3.8, 4) is 0 Å². The minimum atomic E-state index is -0.535. The summed E-state index contributed by atoms with van der Waals surface area (Å²) in [5, 5.41) is 0. The molecule has 1 fully saturated rings. The van der Waals surface area contributed by atoms with E-state index in [9.17, 15) is 4.79 Å². The summed E-state index contributed by atoms with van der Waals surface area (Å²) in [6.07, 6.45) is 0.491. The average molecular weight is 361 g/mol. The molecule has 0 spiro atoms.